The molecule has 1 aromatic heterocycles. The molecule has 0 aliphatic carbocycles. The number of amides is 1. The minimum Gasteiger partial charge on any atom is -0.336 e. The number of nitrogen functional groups attached to an aromatic ring is 1. The number of likely N-dealkylation sites (N-methyl/N-ethyl adjacent to an activating group) is 1. The highest BCUT2D eigenvalue weighted by Crippen LogP contribution is 2.15. The second kappa shape index (κ2) is 6.19. The first kappa shape index (κ1) is 14.7. The van der Waals surface area contributed by atoms with Crippen LogP contribution in [0.4, 0.5) is 5.82 Å². The van der Waals surface area contributed by atoms with Crippen molar-refractivity contribution in [1.82, 2.24) is 14.8 Å². The fraction of sp³-hybridized carbons (Fsp3) is 0.571. The zero-order valence-electron chi connectivity index (χ0n) is 12.4. The first-order chi connectivity index (χ1) is 9.55. The largest absolute Gasteiger partial charge is 0.336 e. The van der Waals surface area contributed by atoms with Crippen LogP contribution in [0.15, 0.2) is 12.1 Å². The molecule has 3 N–H and O–H groups in total. The van der Waals surface area contributed by atoms with Crippen molar-refractivity contribution in [3.8, 4) is 0 Å². The molecule has 2 heterocycles. The zero-order valence-corrected chi connectivity index (χ0v) is 12.4. The molecule has 1 aliphatic heterocycles. The van der Waals surface area contributed by atoms with Gasteiger partial charge in [0.15, 0.2) is 0 Å². The van der Waals surface area contributed by atoms with Gasteiger partial charge in [0.2, 0.25) is 0 Å². The molecule has 1 aromatic rings. The Morgan fingerprint density at radius 2 is 2.25 bits per heavy atom. The molecule has 1 amide bonds. The summed E-state index contributed by atoms with van der Waals surface area (Å²) in [5.41, 5.74) is 3.92. The Bertz CT molecular complexity index is 490. The molecule has 0 saturated carbocycles. The van der Waals surface area contributed by atoms with E-state index in [2.05, 4.69) is 29.2 Å². The Labute approximate surface area is 119 Å². The van der Waals surface area contributed by atoms with Crippen molar-refractivity contribution in [2.45, 2.75) is 26.8 Å². The van der Waals surface area contributed by atoms with E-state index in [1.54, 1.807) is 12.1 Å². The molecular weight excluding hydrogens is 254 g/mol. The highest BCUT2D eigenvalue weighted by atomic mass is 16.2. The number of aromatic nitrogens is 1. The Morgan fingerprint density at radius 1 is 1.50 bits per heavy atom. The van der Waals surface area contributed by atoms with Gasteiger partial charge in [-0.15, -0.1) is 0 Å². The number of nitrogens with zero attached hydrogens (tertiary/aromatic N) is 3. The van der Waals surface area contributed by atoms with Gasteiger partial charge in [0.05, 0.1) is 0 Å². The Morgan fingerprint density at radius 3 is 2.85 bits per heavy atom. The van der Waals surface area contributed by atoms with Crippen LogP contribution >= 0.6 is 0 Å². The van der Waals surface area contributed by atoms with Crippen molar-refractivity contribution in [2.75, 3.05) is 31.6 Å². The first-order valence-corrected chi connectivity index (χ1v) is 7.03. The number of piperazine rings is 1. The van der Waals surface area contributed by atoms with Crippen LogP contribution in [0.5, 0.6) is 0 Å². The van der Waals surface area contributed by atoms with Gasteiger partial charge in [-0.2, -0.15) is 0 Å². The number of aryl methyl sites for hydroxylation is 1. The summed E-state index contributed by atoms with van der Waals surface area (Å²) < 4.78 is 0. The maximum absolute atomic E-state index is 12.6. The summed E-state index contributed by atoms with van der Waals surface area (Å²) in [6.07, 6.45) is 0. The van der Waals surface area contributed by atoms with Gasteiger partial charge in [-0.3, -0.25) is 9.69 Å². The Balaban J connectivity index is 2.14. The summed E-state index contributed by atoms with van der Waals surface area (Å²) in [6, 6.07) is 3.90. The van der Waals surface area contributed by atoms with E-state index in [1.165, 1.54) is 0 Å². The summed E-state index contributed by atoms with van der Waals surface area (Å²) in [5, 5.41) is 0. The van der Waals surface area contributed by atoms with Crippen molar-refractivity contribution < 1.29 is 4.79 Å². The number of nitrogens with two attached hydrogens (primary N) is 1. The van der Waals surface area contributed by atoms with E-state index in [0.29, 0.717) is 17.4 Å². The van der Waals surface area contributed by atoms with Gasteiger partial charge in [0.25, 0.3) is 5.91 Å². The molecule has 1 aliphatic rings. The SMILES string of the molecule is CCN1CCN(C(=O)c2cc(C)nc(NN)c2)CC1C. The molecule has 110 valence electrons. The maximum Gasteiger partial charge on any atom is 0.254 e. The van der Waals surface area contributed by atoms with Crippen LogP contribution in [0.2, 0.25) is 0 Å². The summed E-state index contributed by atoms with van der Waals surface area (Å²) >= 11 is 0. The van der Waals surface area contributed by atoms with Crippen LogP contribution in [-0.4, -0.2) is 52.9 Å². The number of anilines is 1. The molecule has 20 heavy (non-hydrogen) atoms. The summed E-state index contributed by atoms with van der Waals surface area (Å²) in [4.78, 5) is 21.1. The third-order valence-corrected chi connectivity index (χ3v) is 3.81. The van der Waals surface area contributed by atoms with Gasteiger partial charge in [0, 0.05) is 36.9 Å². The molecule has 0 bridgehead atoms. The van der Waals surface area contributed by atoms with E-state index in [-0.39, 0.29) is 5.91 Å². The van der Waals surface area contributed by atoms with Gasteiger partial charge in [-0.05, 0) is 32.5 Å². The van der Waals surface area contributed by atoms with Gasteiger partial charge < -0.3 is 10.3 Å². The lowest BCUT2D eigenvalue weighted by atomic mass is 10.1. The van der Waals surface area contributed by atoms with Crippen molar-refractivity contribution in [1.29, 1.82) is 0 Å². The predicted octanol–water partition coefficient (Wildman–Crippen LogP) is 0.842. The number of nitrogens with one attached hydrogen (secondary N) is 1. The molecule has 2 rings (SSSR count). The molecule has 1 saturated heterocycles. The molecular formula is C14H23N5O. The molecule has 6 nitrogen and oxygen atoms in total. The fourth-order valence-electron chi connectivity index (χ4n) is 2.70. The maximum atomic E-state index is 12.6. The van der Waals surface area contributed by atoms with Crippen LogP contribution in [0.25, 0.3) is 0 Å². The Hall–Kier alpha value is -1.66. The molecule has 0 spiro atoms. The van der Waals surface area contributed by atoms with Crippen molar-refractivity contribution in [3.05, 3.63) is 23.4 Å². The van der Waals surface area contributed by atoms with E-state index in [4.69, 9.17) is 5.84 Å². The van der Waals surface area contributed by atoms with Crippen LogP contribution in [0.1, 0.15) is 29.9 Å². The highest BCUT2D eigenvalue weighted by molar-refractivity contribution is 5.95. The molecule has 0 aromatic carbocycles. The lowest BCUT2D eigenvalue weighted by molar-refractivity contribution is 0.0528. The van der Waals surface area contributed by atoms with Gasteiger partial charge in [-0.25, -0.2) is 10.8 Å². The van der Waals surface area contributed by atoms with E-state index < -0.39 is 0 Å². The molecule has 1 atom stereocenters. The van der Waals surface area contributed by atoms with E-state index in [9.17, 15) is 4.79 Å². The third kappa shape index (κ3) is 3.08. The summed E-state index contributed by atoms with van der Waals surface area (Å²) in [7, 11) is 0. The second-order valence-corrected chi connectivity index (χ2v) is 5.26. The standard InChI is InChI=1S/C14H23N5O/c1-4-18-5-6-19(9-11(18)3)14(20)12-7-10(2)16-13(8-12)17-15/h7-8,11H,4-6,9,15H2,1-3H3,(H,16,17). The lowest BCUT2D eigenvalue weighted by Gasteiger charge is -2.39. The first-order valence-electron chi connectivity index (χ1n) is 7.03. The van der Waals surface area contributed by atoms with Crippen LogP contribution in [0.3, 0.4) is 0 Å². The number of hydrogen-bond acceptors (Lipinski definition) is 5. The second-order valence-electron chi connectivity index (χ2n) is 5.26. The van der Waals surface area contributed by atoms with Gasteiger partial charge in [-0.1, -0.05) is 6.92 Å². The van der Waals surface area contributed by atoms with E-state index in [1.807, 2.05) is 11.8 Å². The molecule has 6 heteroatoms. The number of hydrogen-bond donors (Lipinski definition) is 2. The monoisotopic (exact) mass is 277 g/mol. The number of rotatable bonds is 3. The Kier molecular flexibility index (Phi) is 4.57. The molecule has 0 radical (unpaired) electrons. The van der Waals surface area contributed by atoms with Crippen LogP contribution < -0.4 is 11.3 Å². The topological polar surface area (TPSA) is 74.5 Å². The zero-order chi connectivity index (χ0) is 14.7. The average Bonchev–Trinajstić information content (AvgIpc) is 2.45. The predicted molar refractivity (Wildman–Crippen MR) is 79.4 cm³/mol. The van der Waals surface area contributed by atoms with Crippen molar-refractivity contribution >= 4 is 11.7 Å². The summed E-state index contributed by atoms with van der Waals surface area (Å²) in [6.45, 7) is 9.65. The smallest absolute Gasteiger partial charge is 0.254 e. The molecule has 1 fully saturated rings. The number of pyridine rings is 1. The fourth-order valence-corrected chi connectivity index (χ4v) is 2.70. The van der Waals surface area contributed by atoms with Crippen LogP contribution in [0, 0.1) is 6.92 Å². The summed E-state index contributed by atoms with van der Waals surface area (Å²) in [5.74, 6) is 5.95. The van der Waals surface area contributed by atoms with Crippen molar-refractivity contribution in [2.24, 2.45) is 5.84 Å². The minimum absolute atomic E-state index is 0.0506. The normalized spacial score (nSPS) is 20.0. The average molecular weight is 277 g/mol. The molecule has 1 unspecified atom stereocenters. The van der Waals surface area contributed by atoms with Gasteiger partial charge in [0.1, 0.15) is 5.82 Å². The van der Waals surface area contributed by atoms with Gasteiger partial charge >= 0.3 is 0 Å². The minimum atomic E-state index is 0.0506. The quantitative estimate of drug-likeness (QED) is 0.632. The lowest BCUT2D eigenvalue weighted by Crippen LogP contribution is -2.53. The number of hydrazine groups is 1. The number of carbonyl (C=O) groups is 1. The third-order valence-electron chi connectivity index (χ3n) is 3.81. The highest BCUT2D eigenvalue weighted by Gasteiger charge is 2.26. The van der Waals surface area contributed by atoms with E-state index >= 15 is 0 Å². The number of carbonyl (C=O) groups excluding carboxylic acids is 1. The van der Waals surface area contributed by atoms with E-state index in [0.717, 1.165) is 31.9 Å². The van der Waals surface area contributed by atoms with Crippen LogP contribution in [-0.2, 0) is 0 Å². The van der Waals surface area contributed by atoms with Crippen molar-refractivity contribution in [3.63, 3.8) is 0 Å².